The Kier molecular flexibility index (Phi) is 5.67. The third kappa shape index (κ3) is 4.06. The number of nitrogens with zero attached hydrogens (tertiary/aromatic N) is 2. The minimum absolute atomic E-state index is 0.0870. The lowest BCUT2D eigenvalue weighted by Gasteiger charge is -2.31. The molecule has 2 heterocycles. The predicted molar refractivity (Wildman–Crippen MR) is 115 cm³/mol. The first-order valence-corrected chi connectivity index (χ1v) is 10.6. The second kappa shape index (κ2) is 8.37. The fourth-order valence-corrected chi connectivity index (χ4v) is 4.46. The molecule has 0 spiro atoms. The molecule has 1 N–H and O–H groups in total. The number of benzene rings is 2. The number of hydrogen-bond donors (Lipinski definition) is 1. The molecule has 0 radical (unpaired) electrons. The van der Waals surface area contributed by atoms with Crippen molar-refractivity contribution < 1.29 is 9.59 Å². The zero-order valence-corrected chi connectivity index (χ0v) is 17.3. The van der Waals surface area contributed by atoms with E-state index in [0.29, 0.717) is 11.6 Å². The molecule has 29 heavy (non-hydrogen) atoms. The molecule has 0 saturated carbocycles. The van der Waals surface area contributed by atoms with Crippen molar-refractivity contribution in [3.63, 3.8) is 0 Å². The highest BCUT2D eigenvalue weighted by atomic mass is 16.2. The predicted octanol–water partition coefficient (Wildman–Crippen LogP) is 3.20. The molecule has 1 fully saturated rings. The van der Waals surface area contributed by atoms with E-state index in [4.69, 9.17) is 0 Å². The van der Waals surface area contributed by atoms with Gasteiger partial charge in [-0.2, -0.15) is 0 Å². The summed E-state index contributed by atoms with van der Waals surface area (Å²) in [7, 11) is 1.63. The maximum atomic E-state index is 13.0. The molecule has 5 heteroatoms. The SMILES string of the molecule is CNC(=O)c1ccc(-c2ccc3c(c2)CCN(CCN2CCC[C@H]2C)C3=O)cc1. The maximum absolute atomic E-state index is 13.0. The van der Waals surface area contributed by atoms with Gasteiger partial charge in [0.2, 0.25) is 0 Å². The summed E-state index contributed by atoms with van der Waals surface area (Å²) >= 11 is 0. The van der Waals surface area contributed by atoms with E-state index in [0.717, 1.165) is 54.9 Å². The molecule has 0 unspecified atom stereocenters. The van der Waals surface area contributed by atoms with E-state index in [1.165, 1.54) is 12.8 Å². The van der Waals surface area contributed by atoms with Gasteiger partial charge < -0.3 is 10.2 Å². The molecule has 1 atom stereocenters. The molecule has 5 nitrogen and oxygen atoms in total. The second-order valence-electron chi connectivity index (χ2n) is 8.10. The van der Waals surface area contributed by atoms with Crippen molar-refractivity contribution in [2.45, 2.75) is 32.2 Å². The number of nitrogens with one attached hydrogen (secondary N) is 1. The lowest BCUT2D eigenvalue weighted by Crippen LogP contribution is -2.43. The molecule has 0 bridgehead atoms. The van der Waals surface area contributed by atoms with Gasteiger partial charge in [0.25, 0.3) is 11.8 Å². The van der Waals surface area contributed by atoms with E-state index < -0.39 is 0 Å². The number of carbonyl (C=O) groups is 2. The molecule has 1 saturated heterocycles. The molecule has 0 aromatic heterocycles. The van der Waals surface area contributed by atoms with Crippen molar-refractivity contribution in [3.8, 4) is 11.1 Å². The molecule has 2 aliphatic heterocycles. The van der Waals surface area contributed by atoms with Gasteiger partial charge in [0, 0.05) is 43.9 Å². The van der Waals surface area contributed by atoms with Gasteiger partial charge in [0.15, 0.2) is 0 Å². The lowest BCUT2D eigenvalue weighted by molar-refractivity contribution is 0.0716. The van der Waals surface area contributed by atoms with Gasteiger partial charge in [0.05, 0.1) is 0 Å². The third-order valence-corrected chi connectivity index (χ3v) is 6.33. The standard InChI is InChI=1S/C24H29N3O2/c1-17-4-3-12-26(17)14-15-27-13-11-21-16-20(9-10-22(21)24(27)29)18-5-7-19(8-6-18)23(28)25-2/h5-10,16-17H,3-4,11-15H2,1-2H3,(H,25,28)/t17-/m1/s1. The van der Waals surface area contributed by atoms with Crippen LogP contribution in [0.3, 0.4) is 0 Å². The van der Waals surface area contributed by atoms with Crippen molar-refractivity contribution in [2.75, 3.05) is 33.2 Å². The Morgan fingerprint density at radius 1 is 1.07 bits per heavy atom. The van der Waals surface area contributed by atoms with Gasteiger partial charge in [-0.25, -0.2) is 0 Å². The Hall–Kier alpha value is -2.66. The Morgan fingerprint density at radius 3 is 2.52 bits per heavy atom. The number of fused-ring (bicyclic) bond motifs is 1. The zero-order valence-electron chi connectivity index (χ0n) is 17.3. The lowest BCUT2D eigenvalue weighted by atomic mass is 9.93. The molecule has 2 aromatic rings. The average Bonchev–Trinajstić information content (AvgIpc) is 3.17. The van der Waals surface area contributed by atoms with Crippen LogP contribution in [0.2, 0.25) is 0 Å². The molecule has 2 amide bonds. The molecule has 2 aliphatic rings. The first-order chi connectivity index (χ1) is 14.1. The summed E-state index contributed by atoms with van der Waals surface area (Å²) in [6.45, 7) is 6.00. The van der Waals surface area contributed by atoms with Crippen LogP contribution < -0.4 is 5.32 Å². The van der Waals surface area contributed by atoms with Crippen LogP contribution in [0.5, 0.6) is 0 Å². The minimum Gasteiger partial charge on any atom is -0.355 e. The monoisotopic (exact) mass is 391 g/mol. The molecule has 152 valence electrons. The summed E-state index contributed by atoms with van der Waals surface area (Å²) in [4.78, 5) is 29.2. The smallest absolute Gasteiger partial charge is 0.254 e. The molecular weight excluding hydrogens is 362 g/mol. The Labute approximate surface area is 172 Å². The molecule has 2 aromatic carbocycles. The van der Waals surface area contributed by atoms with Crippen molar-refractivity contribution in [2.24, 2.45) is 0 Å². The van der Waals surface area contributed by atoms with Gasteiger partial charge in [-0.05, 0) is 67.6 Å². The van der Waals surface area contributed by atoms with E-state index in [-0.39, 0.29) is 11.8 Å². The Balaban J connectivity index is 1.46. The van der Waals surface area contributed by atoms with Crippen LogP contribution >= 0.6 is 0 Å². The summed E-state index contributed by atoms with van der Waals surface area (Å²) in [5.41, 5.74) is 4.73. The Bertz CT molecular complexity index is 907. The summed E-state index contributed by atoms with van der Waals surface area (Å²) in [6, 6.07) is 14.3. The van der Waals surface area contributed by atoms with Crippen molar-refractivity contribution in [1.82, 2.24) is 15.1 Å². The number of likely N-dealkylation sites (tertiary alicyclic amines) is 1. The van der Waals surface area contributed by atoms with Gasteiger partial charge in [-0.1, -0.05) is 24.3 Å². The first-order valence-electron chi connectivity index (χ1n) is 10.6. The molecule has 4 rings (SSSR count). The number of carbonyl (C=O) groups excluding carboxylic acids is 2. The van der Waals surface area contributed by atoms with Gasteiger partial charge in [-0.3, -0.25) is 14.5 Å². The molecular formula is C24H29N3O2. The van der Waals surface area contributed by atoms with Crippen LogP contribution in [0.15, 0.2) is 42.5 Å². The van der Waals surface area contributed by atoms with E-state index in [2.05, 4.69) is 23.2 Å². The van der Waals surface area contributed by atoms with E-state index in [1.807, 2.05) is 41.3 Å². The number of hydrogen-bond acceptors (Lipinski definition) is 3. The van der Waals surface area contributed by atoms with Crippen LogP contribution in [0.25, 0.3) is 11.1 Å². The van der Waals surface area contributed by atoms with Crippen LogP contribution in [-0.2, 0) is 6.42 Å². The first kappa shape index (κ1) is 19.6. The van der Waals surface area contributed by atoms with Crippen molar-refractivity contribution in [3.05, 3.63) is 59.2 Å². The van der Waals surface area contributed by atoms with Crippen molar-refractivity contribution in [1.29, 1.82) is 0 Å². The fraction of sp³-hybridized carbons (Fsp3) is 0.417. The highest BCUT2D eigenvalue weighted by Crippen LogP contribution is 2.27. The summed E-state index contributed by atoms with van der Waals surface area (Å²) in [6.07, 6.45) is 3.43. The largest absolute Gasteiger partial charge is 0.355 e. The quantitative estimate of drug-likeness (QED) is 0.852. The summed E-state index contributed by atoms with van der Waals surface area (Å²) in [5.74, 6) is 0.0654. The summed E-state index contributed by atoms with van der Waals surface area (Å²) < 4.78 is 0. The van der Waals surface area contributed by atoms with Gasteiger partial charge in [0.1, 0.15) is 0 Å². The number of rotatable bonds is 5. The van der Waals surface area contributed by atoms with Crippen molar-refractivity contribution >= 4 is 11.8 Å². The van der Waals surface area contributed by atoms with Crippen LogP contribution in [-0.4, -0.2) is 60.9 Å². The third-order valence-electron chi connectivity index (χ3n) is 6.33. The fourth-order valence-electron chi connectivity index (χ4n) is 4.46. The average molecular weight is 392 g/mol. The van der Waals surface area contributed by atoms with E-state index >= 15 is 0 Å². The maximum Gasteiger partial charge on any atom is 0.254 e. The van der Waals surface area contributed by atoms with E-state index in [1.54, 1.807) is 7.05 Å². The normalized spacial score (nSPS) is 19.3. The minimum atomic E-state index is -0.0870. The van der Waals surface area contributed by atoms with Crippen LogP contribution in [0, 0.1) is 0 Å². The highest BCUT2D eigenvalue weighted by Gasteiger charge is 2.26. The number of amides is 2. The van der Waals surface area contributed by atoms with E-state index in [9.17, 15) is 9.59 Å². The molecule has 0 aliphatic carbocycles. The Morgan fingerprint density at radius 2 is 1.83 bits per heavy atom. The van der Waals surface area contributed by atoms with Crippen LogP contribution in [0.1, 0.15) is 46.0 Å². The summed E-state index contributed by atoms with van der Waals surface area (Å²) in [5, 5.41) is 2.64. The topological polar surface area (TPSA) is 52.7 Å². The second-order valence-corrected chi connectivity index (χ2v) is 8.10. The van der Waals surface area contributed by atoms with Crippen LogP contribution in [0.4, 0.5) is 0 Å². The highest BCUT2D eigenvalue weighted by molar-refractivity contribution is 5.97. The van der Waals surface area contributed by atoms with Gasteiger partial charge in [-0.15, -0.1) is 0 Å². The zero-order chi connectivity index (χ0) is 20.4. The van der Waals surface area contributed by atoms with Gasteiger partial charge >= 0.3 is 0 Å².